The Labute approximate surface area is 99.5 Å². The molecule has 6 nitrogen and oxygen atoms in total. The van der Waals surface area contributed by atoms with Crippen molar-refractivity contribution in [1.29, 1.82) is 0 Å². The number of carbonyl (C=O) groups is 1. The van der Waals surface area contributed by atoms with E-state index in [0.29, 0.717) is 24.5 Å². The predicted octanol–water partition coefficient (Wildman–Crippen LogP) is 1.73. The average Bonchev–Trinajstić information content (AvgIpc) is 2.33. The Balaban J connectivity index is 2.65. The van der Waals surface area contributed by atoms with Crippen molar-refractivity contribution in [2.75, 3.05) is 13.1 Å². The van der Waals surface area contributed by atoms with Crippen molar-refractivity contribution in [2.45, 2.75) is 13.8 Å². The first kappa shape index (κ1) is 13.0. The largest absolute Gasteiger partial charge is 0.415 e. The van der Waals surface area contributed by atoms with Gasteiger partial charge >= 0.3 is 6.09 Å². The van der Waals surface area contributed by atoms with E-state index in [1.54, 1.807) is 17.0 Å². The number of hydrogen-bond acceptors (Lipinski definition) is 5. The van der Waals surface area contributed by atoms with Gasteiger partial charge in [-0.05, 0) is 26.0 Å². The summed E-state index contributed by atoms with van der Waals surface area (Å²) >= 11 is 0. The molecule has 0 saturated carbocycles. The molecule has 1 amide bonds. The van der Waals surface area contributed by atoms with Gasteiger partial charge in [0.2, 0.25) is 0 Å². The lowest BCUT2D eigenvalue weighted by Crippen LogP contribution is -2.33. The number of ether oxygens (including phenoxy) is 1. The molecule has 1 heterocycles. The third-order valence-electron chi connectivity index (χ3n) is 2.18. The van der Waals surface area contributed by atoms with E-state index in [1.807, 2.05) is 13.8 Å². The van der Waals surface area contributed by atoms with Gasteiger partial charge in [-0.2, -0.15) is 0 Å². The number of carbonyl (C=O) groups excluding carboxylic acids is 1. The van der Waals surface area contributed by atoms with Gasteiger partial charge in [-0.3, -0.25) is 4.98 Å². The van der Waals surface area contributed by atoms with E-state index in [2.05, 4.69) is 10.1 Å². The van der Waals surface area contributed by atoms with Crippen molar-refractivity contribution in [1.82, 2.24) is 9.88 Å². The molecule has 0 aliphatic carbocycles. The molecule has 0 aliphatic rings. The van der Waals surface area contributed by atoms with Crippen molar-refractivity contribution < 1.29 is 14.7 Å². The summed E-state index contributed by atoms with van der Waals surface area (Å²) in [5.41, 5.74) is 0.482. The molecular formula is C11H15N3O3. The molecule has 0 atom stereocenters. The van der Waals surface area contributed by atoms with Crippen LogP contribution in [0, 0.1) is 0 Å². The molecule has 6 heteroatoms. The van der Waals surface area contributed by atoms with Crippen LogP contribution in [0.25, 0.3) is 0 Å². The van der Waals surface area contributed by atoms with Gasteiger partial charge in [-0.15, -0.1) is 0 Å². The Morgan fingerprint density at radius 3 is 2.71 bits per heavy atom. The molecule has 0 saturated heterocycles. The number of hydrogen-bond donors (Lipinski definition) is 1. The lowest BCUT2D eigenvalue weighted by molar-refractivity contribution is 0.157. The van der Waals surface area contributed by atoms with Gasteiger partial charge in [0.15, 0.2) is 5.75 Å². The number of pyridine rings is 1. The number of amides is 1. The van der Waals surface area contributed by atoms with E-state index in [4.69, 9.17) is 9.94 Å². The van der Waals surface area contributed by atoms with Crippen LogP contribution in [0.3, 0.4) is 0 Å². The van der Waals surface area contributed by atoms with Gasteiger partial charge in [0.05, 0.1) is 18.1 Å². The van der Waals surface area contributed by atoms with Gasteiger partial charge in [0.1, 0.15) is 0 Å². The minimum absolute atomic E-state index is 0.358. The second-order valence-electron chi connectivity index (χ2n) is 3.20. The lowest BCUT2D eigenvalue weighted by atomic mass is 10.3. The van der Waals surface area contributed by atoms with Crippen LogP contribution in [-0.2, 0) is 0 Å². The second kappa shape index (κ2) is 6.47. The zero-order valence-electron chi connectivity index (χ0n) is 9.83. The van der Waals surface area contributed by atoms with Crippen molar-refractivity contribution in [3.8, 4) is 5.75 Å². The zero-order valence-corrected chi connectivity index (χ0v) is 9.83. The number of oxime groups is 1. The van der Waals surface area contributed by atoms with Crippen LogP contribution >= 0.6 is 0 Å². The fourth-order valence-electron chi connectivity index (χ4n) is 1.23. The van der Waals surface area contributed by atoms with Crippen LogP contribution in [0.1, 0.15) is 19.5 Å². The molecule has 0 radical (unpaired) electrons. The van der Waals surface area contributed by atoms with E-state index >= 15 is 0 Å². The first-order valence-corrected chi connectivity index (χ1v) is 5.31. The standard InChI is InChI=1S/C11H15N3O3/c1-3-14(4-2)11(15)17-10-6-5-9(7-13-16)12-8-10/h5-8,16H,3-4H2,1-2H3/b13-7-. The van der Waals surface area contributed by atoms with Crippen molar-refractivity contribution in [3.63, 3.8) is 0 Å². The minimum atomic E-state index is -0.402. The Kier molecular flexibility index (Phi) is 4.93. The highest BCUT2D eigenvalue weighted by molar-refractivity contribution is 5.76. The zero-order chi connectivity index (χ0) is 12.7. The summed E-state index contributed by atoms with van der Waals surface area (Å²) in [6, 6.07) is 3.18. The maximum atomic E-state index is 11.6. The quantitative estimate of drug-likeness (QED) is 0.491. The first-order chi connectivity index (χ1) is 8.21. The summed E-state index contributed by atoms with van der Waals surface area (Å²) < 4.78 is 5.11. The Morgan fingerprint density at radius 2 is 2.24 bits per heavy atom. The number of nitrogens with zero attached hydrogens (tertiary/aromatic N) is 3. The van der Waals surface area contributed by atoms with E-state index in [9.17, 15) is 4.79 Å². The molecular weight excluding hydrogens is 222 g/mol. The summed E-state index contributed by atoms with van der Waals surface area (Å²) in [4.78, 5) is 17.1. The third kappa shape index (κ3) is 3.75. The smallest absolute Gasteiger partial charge is 0.411 e. The molecule has 1 rings (SSSR count). The molecule has 1 aromatic heterocycles. The van der Waals surface area contributed by atoms with Crippen molar-refractivity contribution in [3.05, 3.63) is 24.0 Å². The molecule has 1 aromatic rings. The van der Waals surface area contributed by atoms with Crippen molar-refractivity contribution in [2.24, 2.45) is 5.16 Å². The highest BCUT2D eigenvalue weighted by Gasteiger charge is 2.11. The van der Waals surface area contributed by atoms with Gasteiger partial charge in [0, 0.05) is 13.1 Å². The SMILES string of the molecule is CCN(CC)C(=O)Oc1ccc(/C=N\O)nc1. The molecule has 0 unspecified atom stereocenters. The molecule has 0 aliphatic heterocycles. The van der Waals surface area contributed by atoms with Crippen molar-refractivity contribution >= 4 is 12.3 Å². The van der Waals surface area contributed by atoms with Gasteiger partial charge in [-0.25, -0.2) is 4.79 Å². The summed E-state index contributed by atoms with van der Waals surface area (Å²) in [6.07, 6.45) is 2.19. The highest BCUT2D eigenvalue weighted by Crippen LogP contribution is 2.10. The van der Waals surface area contributed by atoms with Gasteiger partial charge in [0.25, 0.3) is 0 Å². The molecule has 0 spiro atoms. The predicted molar refractivity (Wildman–Crippen MR) is 62.6 cm³/mol. The van der Waals surface area contributed by atoms with Crippen LogP contribution in [0.5, 0.6) is 5.75 Å². The summed E-state index contributed by atoms with van der Waals surface area (Å²) in [5, 5.41) is 11.2. The van der Waals surface area contributed by atoms with E-state index in [-0.39, 0.29) is 0 Å². The average molecular weight is 237 g/mol. The summed E-state index contributed by atoms with van der Waals surface area (Å²) in [6.45, 7) is 4.95. The van der Waals surface area contributed by atoms with Crippen LogP contribution in [0.4, 0.5) is 4.79 Å². The molecule has 0 fully saturated rings. The second-order valence-corrected chi connectivity index (χ2v) is 3.20. The maximum Gasteiger partial charge on any atom is 0.415 e. The number of aromatic nitrogens is 1. The molecule has 0 aromatic carbocycles. The van der Waals surface area contributed by atoms with E-state index < -0.39 is 6.09 Å². The molecule has 92 valence electrons. The van der Waals surface area contributed by atoms with E-state index in [0.717, 1.165) is 0 Å². The Bertz CT molecular complexity index is 385. The highest BCUT2D eigenvalue weighted by atomic mass is 16.6. The van der Waals surface area contributed by atoms with Gasteiger partial charge < -0.3 is 14.8 Å². The normalized spacial score (nSPS) is 10.5. The monoisotopic (exact) mass is 237 g/mol. The fourth-order valence-corrected chi connectivity index (χ4v) is 1.23. The maximum absolute atomic E-state index is 11.6. The van der Waals surface area contributed by atoms with Crippen LogP contribution in [-0.4, -0.2) is 40.5 Å². The van der Waals surface area contributed by atoms with Crippen LogP contribution in [0.15, 0.2) is 23.5 Å². The third-order valence-corrected chi connectivity index (χ3v) is 2.18. The number of rotatable bonds is 4. The summed E-state index contributed by atoms with van der Waals surface area (Å²) in [5.74, 6) is 0.358. The fraction of sp³-hybridized carbons (Fsp3) is 0.364. The molecule has 0 bridgehead atoms. The molecule has 1 N–H and O–H groups in total. The lowest BCUT2D eigenvalue weighted by Gasteiger charge is -2.17. The Morgan fingerprint density at radius 1 is 1.53 bits per heavy atom. The topological polar surface area (TPSA) is 75.0 Å². The van der Waals surface area contributed by atoms with Crippen LogP contribution in [0.2, 0.25) is 0 Å². The first-order valence-electron chi connectivity index (χ1n) is 5.31. The molecule has 17 heavy (non-hydrogen) atoms. The Hall–Kier alpha value is -2.11. The summed E-state index contributed by atoms with van der Waals surface area (Å²) in [7, 11) is 0. The van der Waals surface area contributed by atoms with Gasteiger partial charge in [-0.1, -0.05) is 5.16 Å². The minimum Gasteiger partial charge on any atom is -0.411 e. The van der Waals surface area contributed by atoms with Crippen LogP contribution < -0.4 is 4.74 Å². The van der Waals surface area contributed by atoms with E-state index in [1.165, 1.54) is 12.4 Å².